The summed E-state index contributed by atoms with van der Waals surface area (Å²) in [7, 11) is 4.08. The van der Waals surface area contributed by atoms with E-state index in [4.69, 9.17) is 0 Å². The molecule has 21 heavy (non-hydrogen) atoms. The van der Waals surface area contributed by atoms with Crippen LogP contribution < -0.4 is 10.2 Å². The summed E-state index contributed by atoms with van der Waals surface area (Å²) in [5.74, 6) is -0.533. The number of carbonyl (C=O) groups excluding carboxylic acids is 1. The summed E-state index contributed by atoms with van der Waals surface area (Å²) < 4.78 is 12.9. The number of halogens is 1. The van der Waals surface area contributed by atoms with E-state index in [0.29, 0.717) is 5.56 Å². The zero-order valence-corrected chi connectivity index (χ0v) is 12.3. The minimum absolute atomic E-state index is 0.0752. The lowest BCUT2D eigenvalue weighted by atomic mass is 10.1. The molecule has 1 amide bonds. The van der Waals surface area contributed by atoms with Gasteiger partial charge in [-0.1, -0.05) is 30.3 Å². The monoisotopic (exact) mass is 287 g/mol. The van der Waals surface area contributed by atoms with E-state index in [2.05, 4.69) is 5.32 Å². The topological polar surface area (TPSA) is 33.5 Å². The summed E-state index contributed by atoms with van der Waals surface area (Å²) in [6.07, 6.45) is 0. The molecule has 4 heteroatoms. The van der Waals surface area contributed by atoms with E-state index >= 15 is 0 Å². The van der Waals surface area contributed by atoms with Crippen LogP contribution in [0.2, 0.25) is 0 Å². The quantitative estimate of drug-likeness (QED) is 0.857. The lowest BCUT2D eigenvalue weighted by Gasteiger charge is -2.21. The second-order valence-corrected chi connectivity index (χ2v) is 5.35. The second kappa shape index (κ2) is 6.99. The van der Waals surface area contributed by atoms with Gasteiger partial charge in [0.1, 0.15) is 18.4 Å². The molecule has 0 spiro atoms. The van der Waals surface area contributed by atoms with Gasteiger partial charge in [0.25, 0.3) is 5.91 Å². The highest BCUT2D eigenvalue weighted by molar-refractivity contribution is 5.94. The molecule has 3 nitrogen and oxygen atoms in total. The number of likely N-dealkylation sites (N-methyl/N-ethyl adjacent to an activating group) is 1. The Kier molecular flexibility index (Phi) is 5.06. The van der Waals surface area contributed by atoms with Crippen molar-refractivity contribution in [2.45, 2.75) is 6.04 Å². The first-order valence-electron chi connectivity index (χ1n) is 6.96. The number of hydrogen-bond acceptors (Lipinski definition) is 1. The van der Waals surface area contributed by atoms with Gasteiger partial charge in [0.2, 0.25) is 0 Å². The van der Waals surface area contributed by atoms with Crippen molar-refractivity contribution in [3.8, 4) is 0 Å². The van der Waals surface area contributed by atoms with Crippen LogP contribution >= 0.6 is 0 Å². The number of hydrogen-bond donors (Lipinski definition) is 2. The van der Waals surface area contributed by atoms with Gasteiger partial charge in [0.05, 0.1) is 14.1 Å². The maximum absolute atomic E-state index is 12.9. The molecule has 110 valence electrons. The van der Waals surface area contributed by atoms with Gasteiger partial charge in [-0.05, 0) is 29.8 Å². The summed E-state index contributed by atoms with van der Waals surface area (Å²) in [5.41, 5.74) is 1.53. The molecule has 0 saturated carbocycles. The molecule has 0 bridgehead atoms. The van der Waals surface area contributed by atoms with Gasteiger partial charge in [-0.25, -0.2) is 4.39 Å². The maximum atomic E-state index is 12.9. The van der Waals surface area contributed by atoms with Gasteiger partial charge in [-0.15, -0.1) is 0 Å². The molecule has 0 heterocycles. The molecule has 0 radical (unpaired) electrons. The Morgan fingerprint density at radius 1 is 1.10 bits per heavy atom. The van der Waals surface area contributed by atoms with E-state index in [1.807, 2.05) is 44.4 Å². The van der Waals surface area contributed by atoms with Crippen LogP contribution in [0.1, 0.15) is 22.0 Å². The molecule has 0 aliphatic rings. The van der Waals surface area contributed by atoms with Gasteiger partial charge in [-0.2, -0.15) is 0 Å². The number of nitrogens with one attached hydrogen (secondary N) is 2. The molecule has 0 unspecified atom stereocenters. The van der Waals surface area contributed by atoms with Crippen molar-refractivity contribution in [1.29, 1.82) is 0 Å². The number of quaternary nitrogens is 1. The van der Waals surface area contributed by atoms with Crippen molar-refractivity contribution in [2.75, 3.05) is 20.6 Å². The third-order valence-electron chi connectivity index (χ3n) is 3.23. The summed E-state index contributed by atoms with van der Waals surface area (Å²) in [5, 5.41) is 3.02. The largest absolute Gasteiger partial charge is 0.340 e. The number of benzene rings is 2. The van der Waals surface area contributed by atoms with E-state index in [1.54, 1.807) is 0 Å². The minimum atomic E-state index is -0.344. The van der Waals surface area contributed by atoms with Crippen molar-refractivity contribution >= 4 is 5.91 Å². The first-order valence-corrected chi connectivity index (χ1v) is 6.96. The lowest BCUT2D eigenvalue weighted by Crippen LogP contribution is -3.06. The Hall–Kier alpha value is -2.20. The summed E-state index contributed by atoms with van der Waals surface area (Å²) in [4.78, 5) is 13.5. The highest BCUT2D eigenvalue weighted by Gasteiger charge is 2.18. The van der Waals surface area contributed by atoms with Gasteiger partial charge < -0.3 is 10.2 Å². The van der Waals surface area contributed by atoms with E-state index in [0.717, 1.165) is 12.1 Å². The van der Waals surface area contributed by atoms with Crippen LogP contribution in [0.5, 0.6) is 0 Å². The SMILES string of the molecule is C[NH+](C)C[C@@H](NC(=O)c1ccc(F)cc1)c1ccccc1. The van der Waals surface area contributed by atoms with Gasteiger partial charge in [0.15, 0.2) is 0 Å². The van der Waals surface area contributed by atoms with Crippen molar-refractivity contribution in [2.24, 2.45) is 0 Å². The minimum Gasteiger partial charge on any atom is -0.340 e. The Morgan fingerprint density at radius 2 is 1.71 bits per heavy atom. The van der Waals surface area contributed by atoms with Crippen molar-refractivity contribution < 1.29 is 14.1 Å². The molecular formula is C17H20FN2O+. The van der Waals surface area contributed by atoms with Crippen molar-refractivity contribution in [3.05, 3.63) is 71.5 Å². The van der Waals surface area contributed by atoms with Crippen LogP contribution in [-0.4, -0.2) is 26.5 Å². The molecule has 2 rings (SSSR count). The first kappa shape index (κ1) is 15.2. The zero-order chi connectivity index (χ0) is 15.2. The normalized spacial score (nSPS) is 12.2. The highest BCUT2D eigenvalue weighted by Crippen LogP contribution is 2.12. The van der Waals surface area contributed by atoms with Crippen LogP contribution in [0, 0.1) is 5.82 Å². The predicted molar refractivity (Wildman–Crippen MR) is 80.7 cm³/mol. The average Bonchev–Trinajstić information content (AvgIpc) is 2.47. The Labute approximate surface area is 124 Å². The van der Waals surface area contributed by atoms with E-state index in [-0.39, 0.29) is 17.8 Å². The smallest absolute Gasteiger partial charge is 0.251 e. The molecule has 1 atom stereocenters. The third kappa shape index (κ3) is 4.39. The Bertz CT molecular complexity index is 581. The number of amides is 1. The molecule has 0 aliphatic carbocycles. The van der Waals surface area contributed by atoms with Crippen LogP contribution in [0.25, 0.3) is 0 Å². The predicted octanol–water partition coefficient (Wildman–Crippen LogP) is 1.44. The molecule has 2 N–H and O–H groups in total. The molecule has 0 aromatic heterocycles. The van der Waals surface area contributed by atoms with Crippen molar-refractivity contribution in [1.82, 2.24) is 5.32 Å². The second-order valence-electron chi connectivity index (χ2n) is 5.35. The van der Waals surface area contributed by atoms with Crippen molar-refractivity contribution in [3.63, 3.8) is 0 Å². The van der Waals surface area contributed by atoms with E-state index < -0.39 is 0 Å². The molecule has 0 saturated heterocycles. The van der Waals surface area contributed by atoms with Crippen LogP contribution in [-0.2, 0) is 0 Å². The Balaban J connectivity index is 2.15. The molecular weight excluding hydrogens is 267 g/mol. The standard InChI is InChI=1S/C17H19FN2O/c1-20(2)12-16(13-6-4-3-5-7-13)19-17(21)14-8-10-15(18)11-9-14/h3-11,16H,12H2,1-2H3,(H,19,21)/p+1/t16-/m1/s1. The fraction of sp³-hybridized carbons (Fsp3) is 0.235. The molecule has 0 aliphatic heterocycles. The van der Waals surface area contributed by atoms with E-state index in [9.17, 15) is 9.18 Å². The fourth-order valence-electron chi connectivity index (χ4n) is 2.19. The van der Waals surface area contributed by atoms with Crippen LogP contribution in [0.15, 0.2) is 54.6 Å². The van der Waals surface area contributed by atoms with Gasteiger partial charge in [-0.3, -0.25) is 4.79 Å². The third-order valence-corrected chi connectivity index (χ3v) is 3.23. The number of rotatable bonds is 5. The van der Waals surface area contributed by atoms with Gasteiger partial charge in [0, 0.05) is 5.56 Å². The summed E-state index contributed by atoms with van der Waals surface area (Å²) >= 11 is 0. The molecule has 2 aromatic rings. The summed E-state index contributed by atoms with van der Waals surface area (Å²) in [6.45, 7) is 0.775. The molecule has 2 aromatic carbocycles. The van der Waals surface area contributed by atoms with Crippen LogP contribution in [0.4, 0.5) is 4.39 Å². The van der Waals surface area contributed by atoms with E-state index in [1.165, 1.54) is 29.2 Å². The lowest BCUT2D eigenvalue weighted by molar-refractivity contribution is -0.860. The van der Waals surface area contributed by atoms with Crippen LogP contribution in [0.3, 0.4) is 0 Å². The maximum Gasteiger partial charge on any atom is 0.251 e. The first-order chi connectivity index (χ1) is 10.1. The average molecular weight is 287 g/mol. The van der Waals surface area contributed by atoms with Gasteiger partial charge >= 0.3 is 0 Å². The highest BCUT2D eigenvalue weighted by atomic mass is 19.1. The summed E-state index contributed by atoms with van der Waals surface area (Å²) in [6, 6.07) is 15.4. The number of carbonyl (C=O) groups is 1. The zero-order valence-electron chi connectivity index (χ0n) is 12.3. The molecule has 0 fully saturated rings. The fourth-order valence-corrected chi connectivity index (χ4v) is 2.19. The Morgan fingerprint density at radius 3 is 2.29 bits per heavy atom.